The number of carbonyl (C=O) groups is 1. The number of fused-ring (bicyclic) bond motifs is 1. The Balaban J connectivity index is 1.53. The summed E-state index contributed by atoms with van der Waals surface area (Å²) in [6.45, 7) is 3.94. The molecule has 2 amide bonds. The highest BCUT2D eigenvalue weighted by atomic mass is 16.6. The normalized spacial score (nSPS) is 21.8. The zero-order chi connectivity index (χ0) is 16.5. The van der Waals surface area contributed by atoms with Crippen LogP contribution >= 0.6 is 0 Å². The number of rotatable bonds is 2. The van der Waals surface area contributed by atoms with Gasteiger partial charge in [-0.05, 0) is 23.6 Å². The van der Waals surface area contributed by atoms with Gasteiger partial charge in [0.15, 0.2) is 11.5 Å². The van der Waals surface area contributed by atoms with E-state index in [0.717, 1.165) is 6.54 Å². The maximum Gasteiger partial charge on any atom is 0.322 e. The molecule has 0 unspecified atom stereocenters. The van der Waals surface area contributed by atoms with Gasteiger partial charge in [0.25, 0.3) is 0 Å². The van der Waals surface area contributed by atoms with Crippen LogP contribution < -0.4 is 14.8 Å². The quantitative estimate of drug-likeness (QED) is 0.917. The standard InChI is InChI=1S/C19H20N2O3/c1-13-12-21(17(13)14-6-3-2-4-7-14)19(22)20-15-8-5-9-16-18(15)24-11-10-23-16/h2-9,13,17H,10-12H2,1H3,(H,20,22)/t13-,17-/m1/s1. The number of hydrogen-bond acceptors (Lipinski definition) is 3. The van der Waals surface area contributed by atoms with Crippen molar-refractivity contribution in [1.82, 2.24) is 4.90 Å². The largest absolute Gasteiger partial charge is 0.486 e. The molecule has 1 fully saturated rings. The topological polar surface area (TPSA) is 50.8 Å². The molecule has 0 radical (unpaired) electrons. The van der Waals surface area contributed by atoms with Crippen molar-refractivity contribution in [2.24, 2.45) is 5.92 Å². The fourth-order valence-electron chi connectivity index (χ4n) is 3.42. The van der Waals surface area contributed by atoms with E-state index in [1.165, 1.54) is 5.56 Å². The SMILES string of the molecule is C[C@@H]1CN(C(=O)Nc2cccc3c2OCCO3)[C@H]1c1ccccc1. The molecule has 2 heterocycles. The first kappa shape index (κ1) is 14.9. The molecule has 0 spiro atoms. The summed E-state index contributed by atoms with van der Waals surface area (Å²) in [5, 5.41) is 2.97. The van der Waals surface area contributed by atoms with Gasteiger partial charge in [0.05, 0.1) is 11.7 Å². The summed E-state index contributed by atoms with van der Waals surface area (Å²) in [7, 11) is 0. The minimum absolute atomic E-state index is 0.107. The highest BCUT2D eigenvalue weighted by Crippen LogP contribution is 2.41. The number of ether oxygens (including phenoxy) is 2. The lowest BCUT2D eigenvalue weighted by Gasteiger charge is -2.46. The Labute approximate surface area is 141 Å². The fraction of sp³-hybridized carbons (Fsp3) is 0.316. The molecule has 0 bridgehead atoms. The van der Waals surface area contributed by atoms with Crippen LogP contribution in [-0.4, -0.2) is 30.7 Å². The summed E-state index contributed by atoms with van der Waals surface area (Å²) in [5.74, 6) is 1.74. The lowest BCUT2D eigenvalue weighted by Crippen LogP contribution is -2.53. The lowest BCUT2D eigenvalue weighted by molar-refractivity contribution is 0.0670. The van der Waals surface area contributed by atoms with E-state index in [2.05, 4.69) is 24.4 Å². The van der Waals surface area contributed by atoms with E-state index >= 15 is 0 Å². The molecule has 4 rings (SSSR count). The highest BCUT2D eigenvalue weighted by molar-refractivity contribution is 5.92. The van der Waals surface area contributed by atoms with Gasteiger partial charge in [-0.1, -0.05) is 43.3 Å². The maximum atomic E-state index is 12.7. The molecule has 0 saturated carbocycles. The fourth-order valence-corrected chi connectivity index (χ4v) is 3.42. The summed E-state index contributed by atoms with van der Waals surface area (Å²) >= 11 is 0. The predicted molar refractivity (Wildman–Crippen MR) is 91.5 cm³/mol. The molecule has 2 aromatic rings. The van der Waals surface area contributed by atoms with Gasteiger partial charge >= 0.3 is 6.03 Å². The molecule has 2 aromatic carbocycles. The van der Waals surface area contributed by atoms with Gasteiger partial charge in [-0.2, -0.15) is 0 Å². The summed E-state index contributed by atoms with van der Waals surface area (Å²) < 4.78 is 11.2. The Morgan fingerprint density at radius 3 is 2.67 bits per heavy atom. The second kappa shape index (κ2) is 6.07. The van der Waals surface area contributed by atoms with Crippen LogP contribution in [0.4, 0.5) is 10.5 Å². The number of carbonyl (C=O) groups excluding carboxylic acids is 1. The first-order valence-corrected chi connectivity index (χ1v) is 8.25. The highest BCUT2D eigenvalue weighted by Gasteiger charge is 2.40. The average molecular weight is 324 g/mol. The van der Waals surface area contributed by atoms with Crippen molar-refractivity contribution in [3.63, 3.8) is 0 Å². The lowest BCUT2D eigenvalue weighted by atomic mass is 9.85. The van der Waals surface area contributed by atoms with Crippen molar-refractivity contribution < 1.29 is 14.3 Å². The van der Waals surface area contributed by atoms with Crippen molar-refractivity contribution in [2.45, 2.75) is 13.0 Å². The molecule has 0 aromatic heterocycles. The van der Waals surface area contributed by atoms with E-state index in [9.17, 15) is 4.79 Å². The third kappa shape index (κ3) is 2.56. The van der Waals surface area contributed by atoms with Gasteiger partial charge < -0.3 is 19.7 Å². The third-order valence-corrected chi connectivity index (χ3v) is 4.57. The minimum atomic E-state index is -0.107. The van der Waals surface area contributed by atoms with Crippen molar-refractivity contribution in [1.29, 1.82) is 0 Å². The molecule has 0 aliphatic carbocycles. The first-order valence-electron chi connectivity index (χ1n) is 8.25. The molecule has 5 heteroatoms. The maximum absolute atomic E-state index is 12.7. The Kier molecular flexibility index (Phi) is 3.76. The van der Waals surface area contributed by atoms with E-state index < -0.39 is 0 Å². The number of urea groups is 1. The molecular formula is C19H20N2O3. The monoisotopic (exact) mass is 324 g/mol. The number of anilines is 1. The Hall–Kier alpha value is -2.69. The van der Waals surface area contributed by atoms with Crippen molar-refractivity contribution >= 4 is 11.7 Å². The number of likely N-dealkylation sites (tertiary alicyclic amines) is 1. The third-order valence-electron chi connectivity index (χ3n) is 4.57. The molecule has 1 N–H and O–H groups in total. The molecule has 2 aliphatic rings. The van der Waals surface area contributed by atoms with Crippen LogP contribution in [-0.2, 0) is 0 Å². The predicted octanol–water partition coefficient (Wildman–Crippen LogP) is 3.68. The molecule has 1 saturated heterocycles. The molecule has 5 nitrogen and oxygen atoms in total. The van der Waals surface area contributed by atoms with Gasteiger partial charge in [0, 0.05) is 6.54 Å². The van der Waals surface area contributed by atoms with Gasteiger partial charge in [-0.15, -0.1) is 0 Å². The average Bonchev–Trinajstić information content (AvgIpc) is 2.60. The van der Waals surface area contributed by atoms with E-state index in [-0.39, 0.29) is 12.1 Å². The number of nitrogens with one attached hydrogen (secondary N) is 1. The van der Waals surface area contributed by atoms with Gasteiger partial charge in [-0.25, -0.2) is 4.79 Å². The number of hydrogen-bond donors (Lipinski definition) is 1. The smallest absolute Gasteiger partial charge is 0.322 e. The van der Waals surface area contributed by atoms with E-state index in [1.54, 1.807) is 0 Å². The molecule has 2 aliphatic heterocycles. The zero-order valence-corrected chi connectivity index (χ0v) is 13.6. The summed E-state index contributed by atoms with van der Waals surface area (Å²) in [4.78, 5) is 14.6. The van der Waals surface area contributed by atoms with Crippen LogP contribution in [0.2, 0.25) is 0 Å². The molecule has 2 atom stereocenters. The van der Waals surface area contributed by atoms with Crippen LogP contribution in [0, 0.1) is 5.92 Å². The van der Waals surface area contributed by atoms with Gasteiger partial charge in [-0.3, -0.25) is 0 Å². The van der Waals surface area contributed by atoms with Gasteiger partial charge in [0.1, 0.15) is 13.2 Å². The Morgan fingerprint density at radius 2 is 1.88 bits per heavy atom. The van der Waals surface area contributed by atoms with Crippen LogP contribution in [0.25, 0.3) is 0 Å². The summed E-state index contributed by atoms with van der Waals surface area (Å²) in [6, 6.07) is 15.7. The van der Waals surface area contributed by atoms with E-state index in [4.69, 9.17) is 9.47 Å². The van der Waals surface area contributed by atoms with E-state index in [0.29, 0.717) is 36.3 Å². The van der Waals surface area contributed by atoms with Crippen molar-refractivity contribution in [3.05, 3.63) is 54.1 Å². The number of nitrogens with zero attached hydrogens (tertiary/aromatic N) is 1. The zero-order valence-electron chi connectivity index (χ0n) is 13.6. The molecular weight excluding hydrogens is 304 g/mol. The number of amides is 2. The van der Waals surface area contributed by atoms with Crippen LogP contribution in [0.1, 0.15) is 18.5 Å². The molecule has 24 heavy (non-hydrogen) atoms. The van der Waals surface area contributed by atoms with Crippen molar-refractivity contribution in [2.75, 3.05) is 25.1 Å². The number of para-hydroxylation sites is 1. The Bertz CT molecular complexity index is 748. The van der Waals surface area contributed by atoms with Crippen LogP contribution in [0.15, 0.2) is 48.5 Å². The second-order valence-corrected chi connectivity index (χ2v) is 6.25. The Morgan fingerprint density at radius 1 is 1.08 bits per heavy atom. The van der Waals surface area contributed by atoms with Crippen LogP contribution in [0.3, 0.4) is 0 Å². The first-order chi connectivity index (χ1) is 11.7. The van der Waals surface area contributed by atoms with Crippen molar-refractivity contribution in [3.8, 4) is 11.5 Å². The summed E-state index contributed by atoms with van der Waals surface area (Å²) in [6.07, 6.45) is 0. The second-order valence-electron chi connectivity index (χ2n) is 6.25. The van der Waals surface area contributed by atoms with E-state index in [1.807, 2.05) is 41.3 Å². The summed E-state index contributed by atoms with van der Waals surface area (Å²) in [5.41, 5.74) is 1.82. The molecule has 124 valence electrons. The number of benzene rings is 2. The van der Waals surface area contributed by atoms with Gasteiger partial charge in [0.2, 0.25) is 0 Å². The van der Waals surface area contributed by atoms with Crippen LogP contribution in [0.5, 0.6) is 11.5 Å². The minimum Gasteiger partial charge on any atom is -0.486 e.